The fourth-order valence-corrected chi connectivity index (χ4v) is 1.97. The van der Waals surface area contributed by atoms with Crippen LogP contribution in [-0.4, -0.2) is 18.2 Å². The molecule has 0 saturated carbocycles. The summed E-state index contributed by atoms with van der Waals surface area (Å²) in [4.78, 5) is 0. The minimum atomic E-state index is -0.663. The standard InChI is InChI=1S/C18H17FN2O/c19-17-9-7-16(8-10-17)18(22)13-21-11-1-2-14-3-5-15(12-20)6-4-14/h1-10,18,21-22H,11,13H2/b2-1+. The molecule has 4 heteroatoms. The van der Waals surface area contributed by atoms with Gasteiger partial charge in [0.25, 0.3) is 0 Å². The zero-order valence-electron chi connectivity index (χ0n) is 12.0. The molecule has 112 valence electrons. The number of nitriles is 1. The zero-order chi connectivity index (χ0) is 15.8. The van der Waals surface area contributed by atoms with Gasteiger partial charge in [-0.1, -0.05) is 36.4 Å². The molecule has 0 radical (unpaired) electrons. The molecule has 2 N–H and O–H groups in total. The van der Waals surface area contributed by atoms with Crippen molar-refractivity contribution in [1.82, 2.24) is 5.32 Å². The van der Waals surface area contributed by atoms with E-state index in [0.29, 0.717) is 24.2 Å². The first-order chi connectivity index (χ1) is 10.7. The van der Waals surface area contributed by atoms with Crippen LogP contribution in [-0.2, 0) is 0 Å². The van der Waals surface area contributed by atoms with E-state index in [0.717, 1.165) is 5.56 Å². The van der Waals surface area contributed by atoms with Crippen molar-refractivity contribution in [3.8, 4) is 6.07 Å². The molecular weight excluding hydrogens is 279 g/mol. The summed E-state index contributed by atoms with van der Waals surface area (Å²) in [6.07, 6.45) is 3.22. The van der Waals surface area contributed by atoms with Gasteiger partial charge in [-0.3, -0.25) is 0 Å². The summed E-state index contributed by atoms with van der Waals surface area (Å²) < 4.78 is 12.8. The molecule has 2 aromatic rings. The van der Waals surface area contributed by atoms with Crippen LogP contribution in [0, 0.1) is 17.1 Å². The Morgan fingerprint density at radius 3 is 2.45 bits per heavy atom. The molecular formula is C18H17FN2O. The largest absolute Gasteiger partial charge is 0.387 e. The predicted molar refractivity (Wildman–Crippen MR) is 84.4 cm³/mol. The zero-order valence-corrected chi connectivity index (χ0v) is 12.0. The first-order valence-electron chi connectivity index (χ1n) is 7.00. The number of nitrogens with one attached hydrogen (secondary N) is 1. The van der Waals surface area contributed by atoms with Crippen LogP contribution in [0.5, 0.6) is 0 Å². The Bertz CT molecular complexity index is 657. The number of nitrogens with zero attached hydrogens (tertiary/aromatic N) is 1. The van der Waals surface area contributed by atoms with Gasteiger partial charge in [0.1, 0.15) is 5.82 Å². The van der Waals surface area contributed by atoms with Gasteiger partial charge < -0.3 is 10.4 Å². The van der Waals surface area contributed by atoms with Gasteiger partial charge in [-0.15, -0.1) is 0 Å². The molecule has 0 aliphatic rings. The van der Waals surface area contributed by atoms with Gasteiger partial charge in [0.2, 0.25) is 0 Å². The molecule has 0 amide bonds. The number of benzene rings is 2. The van der Waals surface area contributed by atoms with E-state index in [2.05, 4.69) is 11.4 Å². The van der Waals surface area contributed by atoms with Crippen LogP contribution in [0.2, 0.25) is 0 Å². The van der Waals surface area contributed by atoms with Crippen molar-refractivity contribution in [2.24, 2.45) is 0 Å². The van der Waals surface area contributed by atoms with Crippen molar-refractivity contribution in [2.75, 3.05) is 13.1 Å². The molecule has 0 aromatic heterocycles. The maximum Gasteiger partial charge on any atom is 0.123 e. The van der Waals surface area contributed by atoms with Gasteiger partial charge in [0, 0.05) is 13.1 Å². The third kappa shape index (κ3) is 4.81. The third-order valence-corrected chi connectivity index (χ3v) is 3.20. The smallest absolute Gasteiger partial charge is 0.123 e. The van der Waals surface area contributed by atoms with E-state index in [1.165, 1.54) is 12.1 Å². The van der Waals surface area contributed by atoms with Gasteiger partial charge in [-0.05, 0) is 35.4 Å². The molecule has 0 bridgehead atoms. The minimum absolute atomic E-state index is 0.311. The topological polar surface area (TPSA) is 56.0 Å². The third-order valence-electron chi connectivity index (χ3n) is 3.20. The molecule has 0 aliphatic heterocycles. The quantitative estimate of drug-likeness (QED) is 0.806. The van der Waals surface area contributed by atoms with Crippen molar-refractivity contribution < 1.29 is 9.50 Å². The van der Waals surface area contributed by atoms with Crippen LogP contribution < -0.4 is 5.32 Å². The number of hydrogen-bond acceptors (Lipinski definition) is 3. The predicted octanol–water partition coefficient (Wildman–Crippen LogP) is 3.03. The molecule has 2 aromatic carbocycles. The summed E-state index contributed by atoms with van der Waals surface area (Å²) in [5.74, 6) is -0.311. The van der Waals surface area contributed by atoms with Gasteiger partial charge in [0.15, 0.2) is 0 Å². The maximum absolute atomic E-state index is 12.8. The Morgan fingerprint density at radius 2 is 1.82 bits per heavy atom. The average molecular weight is 296 g/mol. The highest BCUT2D eigenvalue weighted by atomic mass is 19.1. The second-order valence-corrected chi connectivity index (χ2v) is 4.86. The molecule has 0 saturated heterocycles. The first-order valence-corrected chi connectivity index (χ1v) is 7.00. The van der Waals surface area contributed by atoms with Crippen LogP contribution >= 0.6 is 0 Å². The second-order valence-electron chi connectivity index (χ2n) is 4.86. The molecule has 0 fully saturated rings. The van der Waals surface area contributed by atoms with Crippen molar-refractivity contribution in [3.63, 3.8) is 0 Å². The van der Waals surface area contributed by atoms with E-state index >= 15 is 0 Å². The normalized spacial score (nSPS) is 12.2. The summed E-state index contributed by atoms with van der Waals surface area (Å²) in [7, 11) is 0. The SMILES string of the molecule is N#Cc1ccc(/C=C/CNCC(O)c2ccc(F)cc2)cc1. The van der Waals surface area contributed by atoms with Gasteiger partial charge in [-0.25, -0.2) is 4.39 Å². The van der Waals surface area contributed by atoms with Crippen LogP contribution in [0.3, 0.4) is 0 Å². The lowest BCUT2D eigenvalue weighted by atomic mass is 10.1. The van der Waals surface area contributed by atoms with Crippen molar-refractivity contribution in [2.45, 2.75) is 6.10 Å². The Balaban J connectivity index is 1.75. The first kappa shape index (κ1) is 15.9. The molecule has 0 spiro atoms. The lowest BCUT2D eigenvalue weighted by Gasteiger charge is -2.11. The van der Waals surface area contributed by atoms with E-state index in [1.807, 2.05) is 24.3 Å². The van der Waals surface area contributed by atoms with E-state index in [4.69, 9.17) is 5.26 Å². The summed E-state index contributed by atoms with van der Waals surface area (Å²) in [6, 6.07) is 15.2. The summed E-state index contributed by atoms with van der Waals surface area (Å²) in [6.45, 7) is 1.00. The number of aliphatic hydroxyl groups excluding tert-OH is 1. The molecule has 3 nitrogen and oxygen atoms in total. The number of hydrogen-bond donors (Lipinski definition) is 2. The van der Waals surface area contributed by atoms with Crippen LogP contribution in [0.1, 0.15) is 22.8 Å². The highest BCUT2D eigenvalue weighted by molar-refractivity contribution is 5.51. The number of aliphatic hydroxyl groups is 1. The molecule has 1 atom stereocenters. The summed E-state index contributed by atoms with van der Waals surface area (Å²) >= 11 is 0. The van der Waals surface area contributed by atoms with E-state index in [9.17, 15) is 9.50 Å². The number of halogens is 1. The highest BCUT2D eigenvalue weighted by Gasteiger charge is 2.05. The highest BCUT2D eigenvalue weighted by Crippen LogP contribution is 2.12. The van der Waals surface area contributed by atoms with Gasteiger partial charge in [0.05, 0.1) is 17.7 Å². The summed E-state index contributed by atoms with van der Waals surface area (Å²) in [5, 5.41) is 21.8. The Kier molecular flexibility index (Phi) is 5.84. The maximum atomic E-state index is 12.8. The monoisotopic (exact) mass is 296 g/mol. The fraction of sp³-hybridized carbons (Fsp3) is 0.167. The van der Waals surface area contributed by atoms with Gasteiger partial charge in [-0.2, -0.15) is 5.26 Å². The van der Waals surface area contributed by atoms with E-state index < -0.39 is 6.10 Å². The molecule has 1 unspecified atom stereocenters. The van der Waals surface area contributed by atoms with E-state index in [1.54, 1.807) is 24.3 Å². The van der Waals surface area contributed by atoms with Crippen molar-refractivity contribution in [3.05, 3.63) is 77.1 Å². The average Bonchev–Trinajstić information content (AvgIpc) is 2.55. The van der Waals surface area contributed by atoms with E-state index in [-0.39, 0.29) is 5.82 Å². The number of rotatable bonds is 6. The van der Waals surface area contributed by atoms with Crippen LogP contribution in [0.15, 0.2) is 54.6 Å². The Morgan fingerprint density at radius 1 is 1.14 bits per heavy atom. The summed E-state index contributed by atoms with van der Waals surface area (Å²) in [5.41, 5.74) is 2.34. The fourth-order valence-electron chi connectivity index (χ4n) is 1.97. The lowest BCUT2D eigenvalue weighted by Crippen LogP contribution is -2.21. The molecule has 2 rings (SSSR count). The Labute approximate surface area is 129 Å². The lowest BCUT2D eigenvalue weighted by molar-refractivity contribution is 0.176. The van der Waals surface area contributed by atoms with Crippen LogP contribution in [0.4, 0.5) is 4.39 Å². The van der Waals surface area contributed by atoms with Crippen molar-refractivity contribution in [1.29, 1.82) is 5.26 Å². The second kappa shape index (κ2) is 8.08. The molecule has 22 heavy (non-hydrogen) atoms. The van der Waals surface area contributed by atoms with Crippen molar-refractivity contribution >= 4 is 6.08 Å². The van der Waals surface area contributed by atoms with Gasteiger partial charge >= 0.3 is 0 Å². The molecule has 0 heterocycles. The Hall–Kier alpha value is -2.48. The molecule has 0 aliphatic carbocycles. The minimum Gasteiger partial charge on any atom is -0.387 e. The van der Waals surface area contributed by atoms with Crippen LogP contribution in [0.25, 0.3) is 6.08 Å².